The molecule has 2 aliphatic carbocycles. The van der Waals surface area contributed by atoms with Crippen LogP contribution in [0.3, 0.4) is 0 Å². The lowest BCUT2D eigenvalue weighted by atomic mass is 10.1. The molecule has 2 aliphatic rings. The summed E-state index contributed by atoms with van der Waals surface area (Å²) < 4.78 is 0. The monoisotopic (exact) mass is 183 g/mol. The molecule has 0 aromatic carbocycles. The highest BCUT2D eigenvalue weighted by Gasteiger charge is 2.29. The van der Waals surface area contributed by atoms with Crippen molar-refractivity contribution >= 4 is 0 Å². The Labute approximate surface area is 80.7 Å². The van der Waals surface area contributed by atoms with Crippen molar-refractivity contribution in [3.63, 3.8) is 0 Å². The van der Waals surface area contributed by atoms with Crippen LogP contribution >= 0.6 is 0 Å². The zero-order valence-electron chi connectivity index (χ0n) is 8.50. The first kappa shape index (κ1) is 9.47. The van der Waals surface area contributed by atoms with Crippen LogP contribution in [0.1, 0.15) is 45.4 Å². The summed E-state index contributed by atoms with van der Waals surface area (Å²) in [5, 5.41) is 13.1. The van der Waals surface area contributed by atoms with Crippen molar-refractivity contribution in [2.45, 2.75) is 63.6 Å². The molecule has 0 saturated heterocycles. The molecule has 2 unspecified atom stereocenters. The Bertz CT molecular complexity index is 171. The molecule has 76 valence electrons. The van der Waals surface area contributed by atoms with Crippen molar-refractivity contribution in [2.24, 2.45) is 5.92 Å². The second-order valence-corrected chi connectivity index (χ2v) is 4.85. The molecule has 2 fully saturated rings. The zero-order valence-corrected chi connectivity index (χ0v) is 8.50. The third-order valence-electron chi connectivity index (χ3n) is 3.72. The summed E-state index contributed by atoms with van der Waals surface area (Å²) >= 11 is 0. The molecular weight excluding hydrogens is 162 g/mol. The molecule has 2 heteroatoms. The minimum atomic E-state index is -0.0331. The predicted molar refractivity (Wildman–Crippen MR) is 53.6 cm³/mol. The summed E-state index contributed by atoms with van der Waals surface area (Å²) in [4.78, 5) is 0. The predicted octanol–water partition coefficient (Wildman–Crippen LogP) is 1.68. The Balaban J connectivity index is 1.77. The van der Waals surface area contributed by atoms with Crippen molar-refractivity contribution < 1.29 is 5.11 Å². The second kappa shape index (κ2) is 3.97. The number of hydrogen-bond acceptors (Lipinski definition) is 2. The van der Waals surface area contributed by atoms with Gasteiger partial charge in [0, 0.05) is 12.1 Å². The zero-order chi connectivity index (χ0) is 9.26. The van der Waals surface area contributed by atoms with Crippen LogP contribution < -0.4 is 5.32 Å². The van der Waals surface area contributed by atoms with Gasteiger partial charge in [0.25, 0.3) is 0 Å². The lowest BCUT2D eigenvalue weighted by Crippen LogP contribution is -2.38. The van der Waals surface area contributed by atoms with E-state index in [1.54, 1.807) is 0 Å². The average Bonchev–Trinajstić information content (AvgIpc) is 2.64. The Morgan fingerprint density at radius 3 is 2.54 bits per heavy atom. The quantitative estimate of drug-likeness (QED) is 0.682. The van der Waals surface area contributed by atoms with Crippen molar-refractivity contribution in [1.29, 1.82) is 0 Å². The summed E-state index contributed by atoms with van der Waals surface area (Å²) in [6.07, 6.45) is 7.22. The summed E-state index contributed by atoms with van der Waals surface area (Å²) in [6.45, 7) is 2.34. The maximum atomic E-state index is 9.40. The van der Waals surface area contributed by atoms with Crippen LogP contribution in [0.4, 0.5) is 0 Å². The summed E-state index contributed by atoms with van der Waals surface area (Å²) in [5.74, 6) is 0.845. The molecule has 0 bridgehead atoms. The highest BCUT2D eigenvalue weighted by molar-refractivity contribution is 4.87. The maximum Gasteiger partial charge on any atom is 0.0555 e. The Kier molecular flexibility index (Phi) is 2.89. The Hall–Kier alpha value is -0.0800. The van der Waals surface area contributed by atoms with E-state index in [2.05, 4.69) is 12.2 Å². The van der Waals surface area contributed by atoms with E-state index in [4.69, 9.17) is 0 Å². The van der Waals surface area contributed by atoms with Crippen LogP contribution in [-0.4, -0.2) is 23.3 Å². The minimum Gasteiger partial charge on any atom is -0.393 e. The third kappa shape index (κ3) is 2.23. The van der Waals surface area contributed by atoms with Gasteiger partial charge in [0.15, 0.2) is 0 Å². The maximum absolute atomic E-state index is 9.40. The summed E-state index contributed by atoms with van der Waals surface area (Å²) in [5.41, 5.74) is 0. The van der Waals surface area contributed by atoms with E-state index < -0.39 is 0 Å². The van der Waals surface area contributed by atoms with E-state index in [9.17, 15) is 5.11 Å². The molecule has 2 nitrogen and oxygen atoms in total. The largest absolute Gasteiger partial charge is 0.393 e. The van der Waals surface area contributed by atoms with E-state index in [-0.39, 0.29) is 6.10 Å². The van der Waals surface area contributed by atoms with E-state index in [1.807, 2.05) is 0 Å². The van der Waals surface area contributed by atoms with Gasteiger partial charge in [0.05, 0.1) is 6.10 Å². The van der Waals surface area contributed by atoms with Crippen LogP contribution in [0, 0.1) is 5.92 Å². The van der Waals surface area contributed by atoms with Crippen molar-refractivity contribution in [2.75, 3.05) is 0 Å². The molecule has 2 rings (SSSR count). The van der Waals surface area contributed by atoms with Gasteiger partial charge in [-0.25, -0.2) is 0 Å². The van der Waals surface area contributed by atoms with E-state index in [0.717, 1.165) is 24.8 Å². The normalized spacial score (nSPS) is 45.7. The molecule has 0 radical (unpaired) electrons. The molecule has 0 aromatic rings. The molecule has 2 N–H and O–H groups in total. The van der Waals surface area contributed by atoms with Crippen molar-refractivity contribution in [3.8, 4) is 0 Å². The summed E-state index contributed by atoms with van der Waals surface area (Å²) in [7, 11) is 0. The van der Waals surface area contributed by atoms with E-state index >= 15 is 0 Å². The van der Waals surface area contributed by atoms with Gasteiger partial charge in [-0.3, -0.25) is 0 Å². The highest BCUT2D eigenvalue weighted by Crippen LogP contribution is 2.27. The molecular formula is C11H21NO. The fraction of sp³-hybridized carbons (Fsp3) is 1.00. The molecule has 0 heterocycles. The van der Waals surface area contributed by atoms with Crippen LogP contribution in [0.2, 0.25) is 0 Å². The number of nitrogens with one attached hydrogen (secondary N) is 1. The molecule has 13 heavy (non-hydrogen) atoms. The van der Waals surface area contributed by atoms with Crippen LogP contribution in [0.25, 0.3) is 0 Å². The fourth-order valence-corrected chi connectivity index (χ4v) is 2.80. The summed E-state index contributed by atoms with van der Waals surface area (Å²) in [6, 6.07) is 1.33. The third-order valence-corrected chi connectivity index (χ3v) is 3.72. The van der Waals surface area contributed by atoms with Gasteiger partial charge >= 0.3 is 0 Å². The van der Waals surface area contributed by atoms with Gasteiger partial charge in [0.2, 0.25) is 0 Å². The number of rotatable bonds is 2. The van der Waals surface area contributed by atoms with Crippen LogP contribution in [0.15, 0.2) is 0 Å². The first-order valence-electron chi connectivity index (χ1n) is 5.70. The van der Waals surface area contributed by atoms with Crippen LogP contribution in [-0.2, 0) is 0 Å². The van der Waals surface area contributed by atoms with Gasteiger partial charge in [-0.1, -0.05) is 13.3 Å². The van der Waals surface area contributed by atoms with Gasteiger partial charge in [-0.05, 0) is 38.0 Å². The minimum absolute atomic E-state index is 0.0331. The topological polar surface area (TPSA) is 32.3 Å². The number of aliphatic hydroxyl groups excluding tert-OH is 1. The van der Waals surface area contributed by atoms with E-state index in [1.165, 1.54) is 25.7 Å². The highest BCUT2D eigenvalue weighted by atomic mass is 16.3. The van der Waals surface area contributed by atoms with Crippen molar-refractivity contribution in [3.05, 3.63) is 0 Å². The molecule has 4 atom stereocenters. The average molecular weight is 183 g/mol. The molecule has 0 aliphatic heterocycles. The van der Waals surface area contributed by atoms with Gasteiger partial charge < -0.3 is 10.4 Å². The molecule has 0 amide bonds. The smallest absolute Gasteiger partial charge is 0.0555 e. The standard InChI is InChI=1S/C11H21NO/c1-8-3-2-4-11(8)12-9-5-6-10(13)7-9/h8-13H,2-7H2,1H3/t8?,9-,10+,11?/m0/s1. The van der Waals surface area contributed by atoms with Crippen LogP contribution in [0.5, 0.6) is 0 Å². The molecule has 0 spiro atoms. The first-order chi connectivity index (χ1) is 6.25. The van der Waals surface area contributed by atoms with Gasteiger partial charge in [-0.2, -0.15) is 0 Å². The lowest BCUT2D eigenvalue weighted by molar-refractivity contribution is 0.178. The second-order valence-electron chi connectivity index (χ2n) is 4.85. The SMILES string of the molecule is CC1CCCC1N[C@H]1CC[C@@H](O)C1. The Morgan fingerprint density at radius 2 is 2.00 bits per heavy atom. The van der Waals surface area contributed by atoms with Crippen molar-refractivity contribution in [1.82, 2.24) is 5.32 Å². The van der Waals surface area contributed by atoms with E-state index in [0.29, 0.717) is 6.04 Å². The van der Waals surface area contributed by atoms with Gasteiger partial charge in [0.1, 0.15) is 0 Å². The number of hydrogen-bond donors (Lipinski definition) is 2. The number of aliphatic hydroxyl groups is 1. The fourth-order valence-electron chi connectivity index (χ4n) is 2.80. The lowest BCUT2D eigenvalue weighted by Gasteiger charge is -2.22. The molecule has 2 saturated carbocycles. The Morgan fingerprint density at radius 1 is 1.15 bits per heavy atom. The van der Waals surface area contributed by atoms with Gasteiger partial charge in [-0.15, -0.1) is 0 Å². The molecule has 0 aromatic heterocycles. The first-order valence-corrected chi connectivity index (χ1v) is 5.70.